The normalized spacial score (nSPS) is 26.1. The molecule has 2 unspecified atom stereocenters. The lowest BCUT2D eigenvalue weighted by atomic mass is 9.84. The van der Waals surface area contributed by atoms with Crippen molar-refractivity contribution < 1.29 is 9.90 Å². The minimum Gasteiger partial charge on any atom is -0.480 e. The zero-order valence-electron chi connectivity index (χ0n) is 12.5. The summed E-state index contributed by atoms with van der Waals surface area (Å²) in [6.07, 6.45) is 3.48. The highest BCUT2D eigenvalue weighted by atomic mass is 16.4. The fourth-order valence-corrected chi connectivity index (χ4v) is 3.43. The highest BCUT2D eigenvalue weighted by molar-refractivity contribution is 5.79. The fraction of sp³-hybridized carbons (Fsp3) is 0.786. The van der Waals surface area contributed by atoms with Crippen LogP contribution in [-0.2, 0) is 11.3 Å². The van der Waals surface area contributed by atoms with Crippen molar-refractivity contribution in [2.45, 2.75) is 58.5 Å². The standard InChI is InChI=1S/C14H24N4O2/c1-4-15-14(13(19)20)8-5-6-12(14)7-9-18-11(3)16-10(2)17-18/h12,15H,4-9H2,1-3H3,(H,19,20). The molecule has 6 nitrogen and oxygen atoms in total. The Labute approximate surface area is 119 Å². The van der Waals surface area contributed by atoms with Crippen molar-refractivity contribution in [3.8, 4) is 0 Å². The first-order chi connectivity index (χ1) is 9.49. The molecule has 0 aliphatic heterocycles. The number of aliphatic carboxylic acids is 1. The molecule has 1 heterocycles. The number of nitrogens with one attached hydrogen (secondary N) is 1. The lowest BCUT2D eigenvalue weighted by Gasteiger charge is -2.32. The first kappa shape index (κ1) is 15.0. The Morgan fingerprint density at radius 1 is 1.55 bits per heavy atom. The van der Waals surface area contributed by atoms with Gasteiger partial charge in [0.2, 0.25) is 0 Å². The molecule has 2 N–H and O–H groups in total. The van der Waals surface area contributed by atoms with E-state index in [1.165, 1.54) is 0 Å². The summed E-state index contributed by atoms with van der Waals surface area (Å²) < 4.78 is 1.88. The Hall–Kier alpha value is -1.43. The summed E-state index contributed by atoms with van der Waals surface area (Å²) in [6, 6.07) is 0. The van der Waals surface area contributed by atoms with Crippen LogP contribution in [0, 0.1) is 19.8 Å². The van der Waals surface area contributed by atoms with Crippen LogP contribution < -0.4 is 5.32 Å². The van der Waals surface area contributed by atoms with E-state index < -0.39 is 11.5 Å². The van der Waals surface area contributed by atoms with E-state index >= 15 is 0 Å². The first-order valence-corrected chi connectivity index (χ1v) is 7.36. The number of hydrogen-bond acceptors (Lipinski definition) is 4. The molecule has 1 aromatic rings. The predicted molar refractivity (Wildman–Crippen MR) is 75.5 cm³/mol. The highest BCUT2D eigenvalue weighted by Gasteiger charge is 2.48. The minimum absolute atomic E-state index is 0.156. The average Bonchev–Trinajstić information content (AvgIpc) is 2.92. The number of likely N-dealkylation sites (N-methyl/N-ethyl adjacent to an activating group) is 1. The quantitative estimate of drug-likeness (QED) is 0.826. The van der Waals surface area contributed by atoms with Gasteiger partial charge in [-0.2, -0.15) is 5.10 Å². The number of nitrogens with zero attached hydrogens (tertiary/aromatic N) is 3. The second-order valence-electron chi connectivity index (χ2n) is 5.61. The number of aryl methyl sites for hydroxylation is 3. The second kappa shape index (κ2) is 5.91. The van der Waals surface area contributed by atoms with Crippen LogP contribution in [0.3, 0.4) is 0 Å². The topological polar surface area (TPSA) is 80.0 Å². The van der Waals surface area contributed by atoms with Gasteiger partial charge in [-0.15, -0.1) is 0 Å². The van der Waals surface area contributed by atoms with Crippen molar-refractivity contribution >= 4 is 5.97 Å². The van der Waals surface area contributed by atoms with E-state index in [0.717, 1.165) is 43.9 Å². The molecule has 1 saturated carbocycles. The molecular formula is C14H24N4O2. The third-order valence-corrected chi connectivity index (χ3v) is 4.35. The van der Waals surface area contributed by atoms with Crippen molar-refractivity contribution in [2.75, 3.05) is 6.54 Å². The Morgan fingerprint density at radius 3 is 2.85 bits per heavy atom. The molecule has 1 fully saturated rings. The Bertz CT molecular complexity index is 486. The van der Waals surface area contributed by atoms with Gasteiger partial charge in [0, 0.05) is 6.54 Å². The minimum atomic E-state index is -0.752. The van der Waals surface area contributed by atoms with Crippen LogP contribution in [0.25, 0.3) is 0 Å². The summed E-state index contributed by atoms with van der Waals surface area (Å²) in [4.78, 5) is 16.0. The molecule has 2 atom stereocenters. The number of carboxylic acids is 1. The highest BCUT2D eigenvalue weighted by Crippen LogP contribution is 2.38. The summed E-state index contributed by atoms with van der Waals surface area (Å²) >= 11 is 0. The Kier molecular flexibility index (Phi) is 4.42. The third kappa shape index (κ3) is 2.70. The van der Waals surface area contributed by atoms with Gasteiger partial charge in [-0.25, -0.2) is 4.98 Å². The van der Waals surface area contributed by atoms with Gasteiger partial charge in [0.15, 0.2) is 0 Å². The molecular weight excluding hydrogens is 256 g/mol. The zero-order chi connectivity index (χ0) is 14.8. The molecule has 1 aliphatic carbocycles. The van der Waals surface area contributed by atoms with Gasteiger partial charge in [-0.1, -0.05) is 13.3 Å². The number of carboxylic acid groups (broad SMARTS) is 1. The molecule has 0 aromatic carbocycles. The monoisotopic (exact) mass is 280 g/mol. The van der Waals surface area contributed by atoms with Gasteiger partial charge in [0.05, 0.1) is 0 Å². The van der Waals surface area contributed by atoms with Crippen molar-refractivity contribution in [2.24, 2.45) is 5.92 Å². The van der Waals surface area contributed by atoms with Gasteiger partial charge in [-0.05, 0) is 45.6 Å². The van der Waals surface area contributed by atoms with Crippen LogP contribution in [0.2, 0.25) is 0 Å². The predicted octanol–water partition coefficient (Wildman–Crippen LogP) is 1.52. The zero-order valence-corrected chi connectivity index (χ0v) is 12.5. The van der Waals surface area contributed by atoms with Crippen molar-refractivity contribution in [1.82, 2.24) is 20.1 Å². The lowest BCUT2D eigenvalue weighted by molar-refractivity contribution is -0.146. The van der Waals surface area contributed by atoms with E-state index in [-0.39, 0.29) is 5.92 Å². The molecule has 6 heteroatoms. The Morgan fingerprint density at radius 2 is 2.30 bits per heavy atom. The SMILES string of the molecule is CCNC1(C(=O)O)CCCC1CCn1nc(C)nc1C. The molecule has 0 amide bonds. The van der Waals surface area contributed by atoms with Gasteiger partial charge in [-0.3, -0.25) is 9.48 Å². The van der Waals surface area contributed by atoms with Crippen molar-refractivity contribution in [1.29, 1.82) is 0 Å². The number of aromatic nitrogens is 3. The van der Waals surface area contributed by atoms with Crippen LogP contribution in [0.4, 0.5) is 0 Å². The van der Waals surface area contributed by atoms with Gasteiger partial charge >= 0.3 is 5.97 Å². The van der Waals surface area contributed by atoms with E-state index in [1.807, 2.05) is 25.5 Å². The van der Waals surface area contributed by atoms with Gasteiger partial charge in [0.1, 0.15) is 17.2 Å². The van der Waals surface area contributed by atoms with E-state index in [1.54, 1.807) is 0 Å². The number of carbonyl (C=O) groups is 1. The summed E-state index contributed by atoms with van der Waals surface area (Å²) in [5.74, 6) is 1.10. The molecule has 1 aliphatic rings. The third-order valence-electron chi connectivity index (χ3n) is 4.35. The smallest absolute Gasteiger partial charge is 0.324 e. The van der Waals surface area contributed by atoms with Crippen LogP contribution in [0.1, 0.15) is 44.3 Å². The van der Waals surface area contributed by atoms with E-state index in [4.69, 9.17) is 0 Å². The second-order valence-corrected chi connectivity index (χ2v) is 5.61. The summed E-state index contributed by atoms with van der Waals surface area (Å²) in [7, 11) is 0. The molecule has 112 valence electrons. The van der Waals surface area contributed by atoms with Gasteiger partial charge in [0.25, 0.3) is 0 Å². The molecule has 0 radical (unpaired) electrons. The largest absolute Gasteiger partial charge is 0.480 e. The molecule has 2 rings (SSSR count). The van der Waals surface area contributed by atoms with Crippen molar-refractivity contribution in [3.05, 3.63) is 11.6 Å². The molecule has 0 bridgehead atoms. The average molecular weight is 280 g/mol. The van der Waals surface area contributed by atoms with Gasteiger partial charge < -0.3 is 10.4 Å². The van der Waals surface area contributed by atoms with Crippen LogP contribution in [0.5, 0.6) is 0 Å². The van der Waals surface area contributed by atoms with E-state index in [9.17, 15) is 9.90 Å². The molecule has 1 aromatic heterocycles. The number of hydrogen-bond donors (Lipinski definition) is 2. The maximum absolute atomic E-state index is 11.7. The maximum Gasteiger partial charge on any atom is 0.324 e. The molecule has 20 heavy (non-hydrogen) atoms. The first-order valence-electron chi connectivity index (χ1n) is 7.36. The fourth-order valence-electron chi connectivity index (χ4n) is 3.43. The molecule has 0 saturated heterocycles. The maximum atomic E-state index is 11.7. The summed E-state index contributed by atoms with van der Waals surface area (Å²) in [5.41, 5.74) is -0.752. The number of rotatable bonds is 6. The lowest BCUT2D eigenvalue weighted by Crippen LogP contribution is -2.54. The van der Waals surface area contributed by atoms with Crippen LogP contribution in [-0.4, -0.2) is 37.9 Å². The van der Waals surface area contributed by atoms with E-state index in [0.29, 0.717) is 6.54 Å². The summed E-state index contributed by atoms with van der Waals surface area (Å²) in [6.45, 7) is 7.19. The summed E-state index contributed by atoms with van der Waals surface area (Å²) in [5, 5.41) is 17.2. The van der Waals surface area contributed by atoms with E-state index in [2.05, 4.69) is 15.4 Å². The molecule has 0 spiro atoms. The Balaban J connectivity index is 2.07. The van der Waals surface area contributed by atoms with Crippen LogP contribution >= 0.6 is 0 Å². The van der Waals surface area contributed by atoms with Crippen LogP contribution in [0.15, 0.2) is 0 Å². The van der Waals surface area contributed by atoms with Crippen molar-refractivity contribution in [3.63, 3.8) is 0 Å².